The van der Waals surface area contributed by atoms with Gasteiger partial charge in [0.1, 0.15) is 10.8 Å². The summed E-state index contributed by atoms with van der Waals surface area (Å²) in [5, 5.41) is 3.55. The molecule has 1 aromatic carbocycles. The van der Waals surface area contributed by atoms with Gasteiger partial charge in [-0.05, 0) is 75.6 Å². The van der Waals surface area contributed by atoms with E-state index >= 15 is 0 Å². The van der Waals surface area contributed by atoms with Crippen LogP contribution in [0.25, 0.3) is 0 Å². The van der Waals surface area contributed by atoms with E-state index in [9.17, 15) is 9.59 Å². The summed E-state index contributed by atoms with van der Waals surface area (Å²) >= 11 is 1.50. The predicted octanol–water partition coefficient (Wildman–Crippen LogP) is 5.22. The standard InChI is InChI=1S/C23H29NO4S/c1-5-17(28-18-12-9-10-14(3)15(18)4)21(25)24-22-20(23(26)27-6-2)16-11-7-8-13-19(16)29-22/h9-10,12,17H,5-8,11,13H2,1-4H3,(H,24,25)/t17-/m0/s1. The smallest absolute Gasteiger partial charge is 0.341 e. The lowest BCUT2D eigenvalue weighted by Crippen LogP contribution is -2.33. The summed E-state index contributed by atoms with van der Waals surface area (Å²) in [6.07, 6.45) is 3.85. The summed E-state index contributed by atoms with van der Waals surface area (Å²) in [4.78, 5) is 26.8. The Labute approximate surface area is 176 Å². The first kappa shape index (κ1) is 21.4. The molecule has 0 fully saturated rings. The molecule has 2 aromatic rings. The Kier molecular flexibility index (Phi) is 6.96. The van der Waals surface area contributed by atoms with E-state index in [0.717, 1.165) is 42.4 Å². The Balaban J connectivity index is 1.84. The highest BCUT2D eigenvalue weighted by molar-refractivity contribution is 7.17. The van der Waals surface area contributed by atoms with E-state index in [2.05, 4.69) is 5.32 Å². The monoisotopic (exact) mass is 415 g/mol. The van der Waals surface area contributed by atoms with E-state index < -0.39 is 6.10 Å². The minimum atomic E-state index is -0.635. The normalized spacial score (nSPS) is 14.1. The van der Waals surface area contributed by atoms with E-state index in [1.165, 1.54) is 16.2 Å². The number of carbonyl (C=O) groups excluding carboxylic acids is 2. The summed E-state index contributed by atoms with van der Waals surface area (Å²) < 4.78 is 11.3. The molecule has 0 spiro atoms. The van der Waals surface area contributed by atoms with Gasteiger partial charge in [-0.3, -0.25) is 4.79 Å². The lowest BCUT2D eigenvalue weighted by molar-refractivity contribution is -0.122. The Morgan fingerprint density at radius 1 is 1.17 bits per heavy atom. The first-order valence-electron chi connectivity index (χ1n) is 10.3. The molecular weight excluding hydrogens is 386 g/mol. The number of hydrogen-bond donors (Lipinski definition) is 1. The molecule has 29 heavy (non-hydrogen) atoms. The number of amides is 1. The van der Waals surface area contributed by atoms with Gasteiger partial charge in [-0.2, -0.15) is 0 Å². The molecule has 0 aliphatic heterocycles. The largest absolute Gasteiger partial charge is 0.480 e. The van der Waals surface area contributed by atoms with Crippen LogP contribution in [0.1, 0.15) is 65.0 Å². The van der Waals surface area contributed by atoms with E-state index in [-0.39, 0.29) is 11.9 Å². The van der Waals surface area contributed by atoms with Crippen molar-refractivity contribution in [3.05, 3.63) is 45.3 Å². The molecule has 156 valence electrons. The number of nitrogens with one attached hydrogen (secondary N) is 1. The molecule has 6 heteroatoms. The van der Waals surface area contributed by atoms with Gasteiger partial charge in [0.2, 0.25) is 0 Å². The second-order valence-corrected chi connectivity index (χ2v) is 8.44. The van der Waals surface area contributed by atoms with Crippen LogP contribution in [0.15, 0.2) is 18.2 Å². The average molecular weight is 416 g/mol. The summed E-state index contributed by atoms with van der Waals surface area (Å²) in [6.45, 7) is 8.03. The van der Waals surface area contributed by atoms with Crippen molar-refractivity contribution in [2.45, 2.75) is 65.9 Å². The maximum atomic E-state index is 13.0. The summed E-state index contributed by atoms with van der Waals surface area (Å²) in [6, 6.07) is 5.83. The Hall–Kier alpha value is -2.34. The van der Waals surface area contributed by atoms with E-state index in [1.807, 2.05) is 39.0 Å². The minimum Gasteiger partial charge on any atom is -0.480 e. The Morgan fingerprint density at radius 3 is 2.66 bits per heavy atom. The number of thiophene rings is 1. The number of aryl methyl sites for hydroxylation is 2. The Bertz CT molecular complexity index is 903. The molecule has 3 rings (SSSR count). The van der Waals surface area contributed by atoms with Crippen LogP contribution in [0.2, 0.25) is 0 Å². The van der Waals surface area contributed by atoms with Crippen LogP contribution >= 0.6 is 11.3 Å². The maximum absolute atomic E-state index is 13.0. The SMILES string of the molecule is CCOC(=O)c1c(NC(=O)[C@H](CC)Oc2cccc(C)c2C)sc2c1CCCC2. The van der Waals surface area contributed by atoms with Crippen molar-refractivity contribution in [2.24, 2.45) is 0 Å². The second kappa shape index (κ2) is 9.44. The fraction of sp³-hybridized carbons (Fsp3) is 0.478. The summed E-state index contributed by atoms with van der Waals surface area (Å²) in [5.41, 5.74) is 3.71. The van der Waals surface area contributed by atoms with Crippen LogP contribution in [0.5, 0.6) is 5.75 Å². The van der Waals surface area contributed by atoms with Crippen molar-refractivity contribution in [1.29, 1.82) is 0 Å². The highest BCUT2D eigenvalue weighted by Gasteiger charge is 2.29. The van der Waals surface area contributed by atoms with Crippen molar-refractivity contribution in [1.82, 2.24) is 0 Å². The van der Waals surface area contributed by atoms with Crippen molar-refractivity contribution >= 4 is 28.2 Å². The van der Waals surface area contributed by atoms with Crippen molar-refractivity contribution < 1.29 is 19.1 Å². The number of ether oxygens (including phenoxy) is 2. The molecule has 1 aliphatic rings. The first-order chi connectivity index (χ1) is 14.0. The molecule has 0 radical (unpaired) electrons. The number of benzene rings is 1. The number of fused-ring (bicyclic) bond motifs is 1. The van der Waals surface area contributed by atoms with Gasteiger partial charge in [-0.25, -0.2) is 4.79 Å². The number of rotatable bonds is 7. The molecule has 1 atom stereocenters. The van der Waals surface area contributed by atoms with Gasteiger partial charge < -0.3 is 14.8 Å². The van der Waals surface area contributed by atoms with E-state index in [1.54, 1.807) is 6.92 Å². The topological polar surface area (TPSA) is 64.6 Å². The van der Waals surface area contributed by atoms with Gasteiger partial charge in [-0.15, -0.1) is 11.3 Å². The molecule has 0 saturated heterocycles. The lowest BCUT2D eigenvalue weighted by Gasteiger charge is -2.19. The summed E-state index contributed by atoms with van der Waals surface area (Å²) in [7, 11) is 0. The first-order valence-corrected chi connectivity index (χ1v) is 11.1. The zero-order chi connectivity index (χ0) is 21.0. The maximum Gasteiger partial charge on any atom is 0.341 e. The second-order valence-electron chi connectivity index (χ2n) is 7.34. The number of esters is 1. The zero-order valence-corrected chi connectivity index (χ0v) is 18.4. The average Bonchev–Trinajstić information content (AvgIpc) is 3.07. The van der Waals surface area contributed by atoms with Gasteiger partial charge in [-0.1, -0.05) is 19.1 Å². The van der Waals surface area contributed by atoms with Crippen LogP contribution in [-0.4, -0.2) is 24.6 Å². The van der Waals surface area contributed by atoms with Crippen LogP contribution in [-0.2, 0) is 22.4 Å². The summed E-state index contributed by atoms with van der Waals surface area (Å²) in [5.74, 6) is 0.117. The molecule has 1 amide bonds. The molecular formula is C23H29NO4S. The third-order valence-electron chi connectivity index (χ3n) is 5.37. The molecule has 1 aromatic heterocycles. The van der Waals surface area contributed by atoms with Crippen LogP contribution < -0.4 is 10.1 Å². The van der Waals surface area contributed by atoms with Crippen molar-refractivity contribution in [3.63, 3.8) is 0 Å². The Morgan fingerprint density at radius 2 is 1.93 bits per heavy atom. The van der Waals surface area contributed by atoms with Crippen LogP contribution in [0.4, 0.5) is 5.00 Å². The van der Waals surface area contributed by atoms with Gasteiger partial charge in [0, 0.05) is 4.88 Å². The van der Waals surface area contributed by atoms with Gasteiger partial charge in [0.15, 0.2) is 6.10 Å². The number of anilines is 1. The minimum absolute atomic E-state index is 0.238. The van der Waals surface area contributed by atoms with Gasteiger partial charge in [0.25, 0.3) is 5.91 Å². The third kappa shape index (κ3) is 4.64. The fourth-order valence-corrected chi connectivity index (χ4v) is 4.87. The van der Waals surface area contributed by atoms with Crippen molar-refractivity contribution in [2.75, 3.05) is 11.9 Å². The third-order valence-corrected chi connectivity index (χ3v) is 6.58. The highest BCUT2D eigenvalue weighted by Crippen LogP contribution is 2.38. The van der Waals surface area contributed by atoms with E-state index in [0.29, 0.717) is 29.3 Å². The molecule has 1 aliphatic carbocycles. The van der Waals surface area contributed by atoms with E-state index in [4.69, 9.17) is 9.47 Å². The molecule has 0 bridgehead atoms. The van der Waals surface area contributed by atoms with Crippen molar-refractivity contribution in [3.8, 4) is 5.75 Å². The molecule has 0 saturated carbocycles. The van der Waals surface area contributed by atoms with Crippen LogP contribution in [0, 0.1) is 13.8 Å². The molecule has 1 N–H and O–H groups in total. The quantitative estimate of drug-likeness (QED) is 0.630. The molecule has 1 heterocycles. The fourth-order valence-electron chi connectivity index (χ4n) is 3.59. The van der Waals surface area contributed by atoms with Gasteiger partial charge in [0.05, 0.1) is 12.2 Å². The molecule has 5 nitrogen and oxygen atoms in total. The lowest BCUT2D eigenvalue weighted by atomic mass is 9.95. The van der Waals surface area contributed by atoms with Crippen LogP contribution in [0.3, 0.4) is 0 Å². The number of carbonyl (C=O) groups is 2. The zero-order valence-electron chi connectivity index (χ0n) is 17.6. The predicted molar refractivity (Wildman–Crippen MR) is 116 cm³/mol. The highest BCUT2D eigenvalue weighted by atomic mass is 32.1. The van der Waals surface area contributed by atoms with Gasteiger partial charge >= 0.3 is 5.97 Å². The molecule has 0 unspecified atom stereocenters. The number of hydrogen-bond acceptors (Lipinski definition) is 5.